The van der Waals surface area contributed by atoms with Gasteiger partial charge in [0.05, 0.1) is 26.6 Å². The molecule has 2 N–H and O–H groups in total. The van der Waals surface area contributed by atoms with Crippen molar-refractivity contribution in [1.82, 2.24) is 5.32 Å². The number of carbonyl (C=O) groups excluding carboxylic acids is 3. The van der Waals surface area contributed by atoms with Crippen LogP contribution < -0.4 is 5.32 Å². The van der Waals surface area contributed by atoms with Crippen LogP contribution in [0.15, 0.2) is 30.3 Å². The van der Waals surface area contributed by atoms with Gasteiger partial charge in [-0.15, -0.1) is 0 Å². The van der Waals surface area contributed by atoms with E-state index in [1.165, 1.54) is 0 Å². The molecule has 9 heteroatoms. The molecule has 0 saturated heterocycles. The second-order valence-electron chi connectivity index (χ2n) is 4.93. The molecule has 0 fully saturated rings. The number of carboxylic acid groups (broad SMARTS) is 1. The zero-order valence-corrected chi connectivity index (χ0v) is 13.8. The lowest BCUT2D eigenvalue weighted by molar-refractivity contribution is -0.157. The molecule has 0 bridgehead atoms. The second-order valence-corrected chi connectivity index (χ2v) is 4.93. The highest BCUT2D eigenvalue weighted by molar-refractivity contribution is 5.89. The van der Waals surface area contributed by atoms with E-state index in [1.54, 1.807) is 30.3 Å². The second kappa shape index (κ2) is 9.91. The molecule has 1 aromatic rings. The van der Waals surface area contributed by atoms with Gasteiger partial charge < -0.3 is 24.6 Å². The van der Waals surface area contributed by atoms with Gasteiger partial charge >= 0.3 is 24.0 Å². The number of rotatable bonds is 8. The van der Waals surface area contributed by atoms with Crippen molar-refractivity contribution in [1.29, 1.82) is 0 Å². The molecule has 136 valence electrons. The molecule has 0 unspecified atom stereocenters. The molecule has 0 heterocycles. The van der Waals surface area contributed by atoms with E-state index < -0.39 is 42.4 Å². The van der Waals surface area contributed by atoms with Gasteiger partial charge in [-0.3, -0.25) is 9.59 Å². The summed E-state index contributed by atoms with van der Waals surface area (Å²) in [5.74, 6) is -4.77. The number of aliphatic carboxylic acids is 1. The van der Waals surface area contributed by atoms with Crippen molar-refractivity contribution in [3.8, 4) is 0 Å². The van der Waals surface area contributed by atoms with Crippen molar-refractivity contribution < 1.29 is 38.5 Å². The van der Waals surface area contributed by atoms with Crippen molar-refractivity contribution in [2.75, 3.05) is 14.2 Å². The number of esters is 2. The molecule has 0 aromatic heterocycles. The lowest BCUT2D eigenvalue weighted by Gasteiger charge is -2.21. The Morgan fingerprint density at radius 2 is 1.72 bits per heavy atom. The molecular formula is C16H19NO8. The molecule has 0 saturated carbocycles. The molecule has 1 aromatic carbocycles. The Hall–Kier alpha value is -3.10. The van der Waals surface area contributed by atoms with E-state index in [-0.39, 0.29) is 6.61 Å². The monoisotopic (exact) mass is 353 g/mol. The summed E-state index contributed by atoms with van der Waals surface area (Å²) in [5, 5.41) is 11.3. The van der Waals surface area contributed by atoms with Crippen LogP contribution >= 0.6 is 0 Å². The van der Waals surface area contributed by atoms with Gasteiger partial charge in [0, 0.05) is 0 Å². The zero-order valence-electron chi connectivity index (χ0n) is 13.8. The number of alkyl carbamates (subject to hydrolysis) is 1. The zero-order chi connectivity index (χ0) is 18.8. The van der Waals surface area contributed by atoms with Crippen LogP contribution in [0.1, 0.15) is 12.0 Å². The van der Waals surface area contributed by atoms with Crippen molar-refractivity contribution in [2.45, 2.75) is 19.1 Å². The summed E-state index contributed by atoms with van der Waals surface area (Å²) in [4.78, 5) is 46.4. The first kappa shape index (κ1) is 19.9. The van der Waals surface area contributed by atoms with Crippen LogP contribution in [0.25, 0.3) is 0 Å². The standard InChI is InChI=1S/C16H19NO8/c1-23-12(18)8-11(15(21)24-2)13(14(19)20)17-16(22)25-9-10-6-4-3-5-7-10/h3-7,11,13H,8-9H2,1-2H3,(H,17,22)(H,19,20)/t11-,13+/m1/s1. The number of amides is 1. The fraction of sp³-hybridized carbons (Fsp3) is 0.375. The van der Waals surface area contributed by atoms with Crippen LogP contribution in [-0.4, -0.2) is 49.4 Å². The average molecular weight is 353 g/mol. The maximum Gasteiger partial charge on any atom is 0.408 e. The Morgan fingerprint density at radius 1 is 1.08 bits per heavy atom. The smallest absolute Gasteiger partial charge is 0.408 e. The van der Waals surface area contributed by atoms with Gasteiger partial charge in [0.2, 0.25) is 0 Å². The number of methoxy groups -OCH3 is 2. The molecule has 0 radical (unpaired) electrons. The van der Waals surface area contributed by atoms with Crippen LogP contribution in [0.3, 0.4) is 0 Å². The summed E-state index contributed by atoms with van der Waals surface area (Å²) < 4.78 is 13.9. The lowest BCUT2D eigenvalue weighted by Crippen LogP contribution is -2.49. The minimum atomic E-state index is -1.71. The van der Waals surface area contributed by atoms with Crippen molar-refractivity contribution in [3.63, 3.8) is 0 Å². The van der Waals surface area contributed by atoms with E-state index in [0.717, 1.165) is 14.2 Å². The predicted molar refractivity (Wildman–Crippen MR) is 83.3 cm³/mol. The van der Waals surface area contributed by atoms with Gasteiger partial charge in [-0.1, -0.05) is 30.3 Å². The third kappa shape index (κ3) is 6.50. The molecule has 25 heavy (non-hydrogen) atoms. The first-order valence-corrected chi connectivity index (χ1v) is 7.23. The normalized spacial score (nSPS) is 12.4. The third-order valence-electron chi connectivity index (χ3n) is 3.27. The highest BCUT2D eigenvalue weighted by Crippen LogP contribution is 2.14. The maximum absolute atomic E-state index is 11.8. The summed E-state index contributed by atoms with van der Waals surface area (Å²) >= 11 is 0. The quantitative estimate of drug-likeness (QED) is 0.517. The topological polar surface area (TPSA) is 128 Å². The number of carboxylic acids is 1. The molecule has 9 nitrogen and oxygen atoms in total. The summed E-state index contributed by atoms with van der Waals surface area (Å²) in [6.45, 7) is -0.0844. The van der Waals surface area contributed by atoms with E-state index in [4.69, 9.17) is 4.74 Å². The van der Waals surface area contributed by atoms with Crippen LogP contribution in [0.2, 0.25) is 0 Å². The SMILES string of the molecule is COC(=O)C[C@@H](C(=O)OC)[C@H](NC(=O)OCc1ccccc1)C(=O)O. The fourth-order valence-corrected chi connectivity index (χ4v) is 1.98. The van der Waals surface area contributed by atoms with E-state index in [1.807, 2.05) is 0 Å². The maximum atomic E-state index is 11.8. The van der Waals surface area contributed by atoms with Gasteiger partial charge in [0.1, 0.15) is 12.6 Å². The minimum Gasteiger partial charge on any atom is -0.480 e. The number of hydrogen-bond acceptors (Lipinski definition) is 7. The Balaban J connectivity index is 2.78. The van der Waals surface area contributed by atoms with Crippen molar-refractivity contribution in [3.05, 3.63) is 35.9 Å². The van der Waals surface area contributed by atoms with Crippen molar-refractivity contribution in [2.24, 2.45) is 5.92 Å². The van der Waals surface area contributed by atoms with Crippen molar-refractivity contribution >= 4 is 24.0 Å². The summed E-state index contributed by atoms with van der Waals surface area (Å²) in [7, 11) is 2.13. The first-order chi connectivity index (χ1) is 11.9. The predicted octanol–water partition coefficient (Wildman–Crippen LogP) is 0.718. The van der Waals surface area contributed by atoms with Gasteiger partial charge in [-0.05, 0) is 5.56 Å². The minimum absolute atomic E-state index is 0.0844. The third-order valence-corrected chi connectivity index (χ3v) is 3.27. The Morgan fingerprint density at radius 3 is 2.24 bits per heavy atom. The fourth-order valence-electron chi connectivity index (χ4n) is 1.98. The van der Waals surface area contributed by atoms with Crippen LogP contribution in [0.4, 0.5) is 4.79 Å². The number of nitrogens with one attached hydrogen (secondary N) is 1. The Bertz CT molecular complexity index is 616. The summed E-state index contributed by atoms with van der Waals surface area (Å²) in [6, 6.07) is 7.01. The van der Waals surface area contributed by atoms with Crippen LogP contribution in [0.5, 0.6) is 0 Å². The molecule has 1 amide bonds. The van der Waals surface area contributed by atoms with Crippen LogP contribution in [0, 0.1) is 5.92 Å². The number of ether oxygens (including phenoxy) is 3. The van der Waals surface area contributed by atoms with E-state index >= 15 is 0 Å². The summed E-state index contributed by atoms with van der Waals surface area (Å²) in [5.41, 5.74) is 0.698. The first-order valence-electron chi connectivity index (χ1n) is 7.23. The molecule has 0 aliphatic carbocycles. The highest BCUT2D eigenvalue weighted by atomic mass is 16.6. The Labute approximate surface area is 143 Å². The van der Waals surface area contributed by atoms with Gasteiger partial charge in [-0.2, -0.15) is 0 Å². The van der Waals surface area contributed by atoms with E-state index in [0.29, 0.717) is 5.56 Å². The Kier molecular flexibility index (Phi) is 7.91. The number of carbonyl (C=O) groups is 4. The largest absolute Gasteiger partial charge is 0.480 e. The van der Waals surface area contributed by atoms with Crippen LogP contribution in [-0.2, 0) is 35.2 Å². The molecule has 0 aliphatic rings. The summed E-state index contributed by atoms with van der Waals surface area (Å²) in [6.07, 6.45) is -1.62. The van der Waals surface area contributed by atoms with Gasteiger partial charge in [0.15, 0.2) is 0 Å². The average Bonchev–Trinajstić information content (AvgIpc) is 2.62. The number of hydrogen-bond donors (Lipinski definition) is 2. The van der Waals surface area contributed by atoms with Gasteiger partial charge in [0.25, 0.3) is 0 Å². The number of benzene rings is 1. The van der Waals surface area contributed by atoms with E-state index in [2.05, 4.69) is 14.8 Å². The highest BCUT2D eigenvalue weighted by Gasteiger charge is 2.38. The molecular weight excluding hydrogens is 334 g/mol. The van der Waals surface area contributed by atoms with Gasteiger partial charge in [-0.25, -0.2) is 9.59 Å². The molecule has 0 spiro atoms. The molecule has 0 aliphatic heterocycles. The van der Waals surface area contributed by atoms with E-state index in [9.17, 15) is 24.3 Å². The molecule has 2 atom stereocenters. The molecule has 1 rings (SSSR count). The lowest BCUT2D eigenvalue weighted by atomic mass is 9.96.